The van der Waals surface area contributed by atoms with Gasteiger partial charge in [-0.15, -0.1) is 0 Å². The molecule has 2 atom stereocenters. The molecule has 3 nitrogen and oxygen atoms in total. The van der Waals surface area contributed by atoms with E-state index in [0.29, 0.717) is 0 Å². The Kier molecular flexibility index (Phi) is 4.36. The molecule has 0 spiro atoms. The van der Waals surface area contributed by atoms with Crippen LogP contribution in [0.25, 0.3) is 0 Å². The van der Waals surface area contributed by atoms with Gasteiger partial charge in [0.25, 0.3) is 0 Å². The predicted molar refractivity (Wildman–Crippen MR) is 72.3 cm³/mol. The molecule has 20 heavy (non-hydrogen) atoms. The van der Waals surface area contributed by atoms with Crippen LogP contribution in [0.5, 0.6) is 0 Å². The molecule has 0 radical (unpaired) electrons. The maximum absolute atomic E-state index is 12.5. The van der Waals surface area contributed by atoms with Crippen molar-refractivity contribution in [1.29, 1.82) is 0 Å². The second-order valence-electron chi connectivity index (χ2n) is 5.46. The summed E-state index contributed by atoms with van der Waals surface area (Å²) in [6, 6.07) is 4.99. The van der Waals surface area contributed by atoms with Gasteiger partial charge in [0.2, 0.25) is 0 Å². The first-order valence-corrected chi connectivity index (χ1v) is 6.60. The molecular weight excluding hydrogens is 267 g/mol. The highest BCUT2D eigenvalue weighted by molar-refractivity contribution is 5.27. The maximum atomic E-state index is 12.5. The first-order chi connectivity index (χ1) is 9.29. The summed E-state index contributed by atoms with van der Waals surface area (Å²) in [6.45, 7) is 2.71. The Hall–Kier alpha value is -1.11. The summed E-state index contributed by atoms with van der Waals surface area (Å²) in [5.74, 6) is 0. The van der Waals surface area contributed by atoms with Crippen molar-refractivity contribution in [3.8, 4) is 0 Å². The maximum Gasteiger partial charge on any atom is 0.416 e. The highest BCUT2D eigenvalue weighted by Gasteiger charge is 2.32. The van der Waals surface area contributed by atoms with Crippen molar-refractivity contribution in [3.63, 3.8) is 0 Å². The van der Waals surface area contributed by atoms with Crippen LogP contribution in [-0.2, 0) is 6.18 Å². The van der Waals surface area contributed by atoms with E-state index < -0.39 is 11.7 Å². The SMILES string of the molecule is CN1CCN(C)C(C(N)c2ccc(C(F)(F)F)cc2)C1. The molecule has 6 heteroatoms. The summed E-state index contributed by atoms with van der Waals surface area (Å²) in [6.07, 6.45) is -4.30. The fraction of sp³-hybridized carbons (Fsp3) is 0.571. The van der Waals surface area contributed by atoms with Crippen molar-refractivity contribution >= 4 is 0 Å². The number of nitrogens with zero attached hydrogens (tertiary/aromatic N) is 2. The second-order valence-corrected chi connectivity index (χ2v) is 5.46. The van der Waals surface area contributed by atoms with Crippen LogP contribution in [0.3, 0.4) is 0 Å². The van der Waals surface area contributed by atoms with Crippen molar-refractivity contribution in [2.75, 3.05) is 33.7 Å². The van der Waals surface area contributed by atoms with Crippen molar-refractivity contribution in [1.82, 2.24) is 9.80 Å². The molecule has 1 aliphatic rings. The van der Waals surface area contributed by atoms with E-state index in [1.807, 2.05) is 14.1 Å². The Labute approximate surface area is 117 Å². The molecule has 1 fully saturated rings. The van der Waals surface area contributed by atoms with E-state index in [1.165, 1.54) is 12.1 Å². The molecular formula is C14H20F3N3. The third-order valence-electron chi connectivity index (χ3n) is 3.94. The lowest BCUT2D eigenvalue weighted by Gasteiger charge is -2.40. The fourth-order valence-electron chi connectivity index (χ4n) is 2.55. The van der Waals surface area contributed by atoms with Gasteiger partial charge in [-0.1, -0.05) is 12.1 Å². The molecule has 0 bridgehead atoms. The van der Waals surface area contributed by atoms with Crippen molar-refractivity contribution in [3.05, 3.63) is 35.4 Å². The largest absolute Gasteiger partial charge is 0.416 e. The van der Waals surface area contributed by atoms with Crippen LogP contribution in [0.15, 0.2) is 24.3 Å². The quantitative estimate of drug-likeness (QED) is 0.902. The Morgan fingerprint density at radius 3 is 2.30 bits per heavy atom. The topological polar surface area (TPSA) is 32.5 Å². The van der Waals surface area contributed by atoms with Gasteiger partial charge in [-0.25, -0.2) is 0 Å². The first-order valence-electron chi connectivity index (χ1n) is 6.60. The summed E-state index contributed by atoms with van der Waals surface area (Å²) < 4.78 is 37.6. The van der Waals surface area contributed by atoms with Crippen LogP contribution in [0.1, 0.15) is 17.2 Å². The van der Waals surface area contributed by atoms with E-state index in [0.717, 1.165) is 37.3 Å². The summed E-state index contributed by atoms with van der Waals surface area (Å²) >= 11 is 0. The molecule has 0 aromatic heterocycles. The van der Waals surface area contributed by atoms with Gasteiger partial charge >= 0.3 is 6.18 Å². The number of benzene rings is 1. The lowest BCUT2D eigenvalue weighted by Crippen LogP contribution is -2.54. The average molecular weight is 287 g/mol. The first kappa shape index (κ1) is 15.3. The van der Waals surface area contributed by atoms with Crippen LogP contribution in [0.2, 0.25) is 0 Å². The standard InChI is InChI=1S/C14H20F3N3/c1-19-7-8-20(2)12(9-19)13(18)10-3-5-11(6-4-10)14(15,16)17/h3-6,12-13H,7-9,18H2,1-2H3. The van der Waals surface area contributed by atoms with Crippen LogP contribution in [0.4, 0.5) is 13.2 Å². The summed E-state index contributed by atoms with van der Waals surface area (Å²) in [4.78, 5) is 4.36. The fourth-order valence-corrected chi connectivity index (χ4v) is 2.55. The second kappa shape index (κ2) is 5.71. The van der Waals surface area contributed by atoms with Gasteiger partial charge in [-0.3, -0.25) is 4.90 Å². The van der Waals surface area contributed by atoms with Gasteiger partial charge in [0, 0.05) is 31.7 Å². The van der Waals surface area contributed by atoms with Gasteiger partial charge in [-0.05, 0) is 31.8 Å². The van der Waals surface area contributed by atoms with Gasteiger partial charge < -0.3 is 10.6 Å². The van der Waals surface area contributed by atoms with Crippen LogP contribution in [0, 0.1) is 0 Å². The highest BCUT2D eigenvalue weighted by Crippen LogP contribution is 2.30. The van der Waals surface area contributed by atoms with E-state index in [9.17, 15) is 13.2 Å². The smallest absolute Gasteiger partial charge is 0.323 e. The molecule has 2 rings (SSSR count). The number of nitrogens with two attached hydrogens (primary N) is 1. The summed E-state index contributed by atoms with van der Waals surface area (Å²) in [7, 11) is 4.03. The van der Waals surface area contributed by atoms with Crippen LogP contribution in [-0.4, -0.2) is 49.6 Å². The molecule has 1 aliphatic heterocycles. The van der Waals surface area contributed by atoms with Crippen molar-refractivity contribution in [2.24, 2.45) is 5.73 Å². The van der Waals surface area contributed by atoms with E-state index in [1.54, 1.807) is 0 Å². The number of hydrogen-bond donors (Lipinski definition) is 1. The van der Waals surface area contributed by atoms with Gasteiger partial charge in [0.1, 0.15) is 0 Å². The van der Waals surface area contributed by atoms with E-state index in [-0.39, 0.29) is 12.1 Å². The Balaban J connectivity index is 2.14. The summed E-state index contributed by atoms with van der Waals surface area (Å²) in [5, 5.41) is 0. The Morgan fingerprint density at radius 2 is 1.75 bits per heavy atom. The zero-order chi connectivity index (χ0) is 14.9. The van der Waals surface area contributed by atoms with E-state index >= 15 is 0 Å². The Bertz CT molecular complexity index is 444. The third kappa shape index (κ3) is 3.31. The molecule has 0 amide bonds. The molecule has 1 saturated heterocycles. The number of piperazine rings is 1. The molecule has 112 valence electrons. The monoisotopic (exact) mass is 287 g/mol. The predicted octanol–water partition coefficient (Wildman–Crippen LogP) is 1.95. The average Bonchev–Trinajstić information content (AvgIpc) is 2.40. The number of hydrogen-bond acceptors (Lipinski definition) is 3. The molecule has 2 unspecified atom stereocenters. The third-order valence-corrected chi connectivity index (χ3v) is 3.94. The highest BCUT2D eigenvalue weighted by atomic mass is 19.4. The molecule has 0 aliphatic carbocycles. The number of rotatable bonds is 2. The van der Waals surface area contributed by atoms with Gasteiger partial charge in [0.15, 0.2) is 0 Å². The molecule has 1 aromatic carbocycles. The molecule has 2 N–H and O–H groups in total. The minimum Gasteiger partial charge on any atom is -0.323 e. The van der Waals surface area contributed by atoms with Crippen LogP contribution >= 0.6 is 0 Å². The van der Waals surface area contributed by atoms with E-state index in [4.69, 9.17) is 5.73 Å². The lowest BCUT2D eigenvalue weighted by molar-refractivity contribution is -0.137. The van der Waals surface area contributed by atoms with Crippen molar-refractivity contribution in [2.45, 2.75) is 18.3 Å². The molecule has 0 saturated carbocycles. The van der Waals surface area contributed by atoms with E-state index in [2.05, 4.69) is 9.80 Å². The number of likely N-dealkylation sites (N-methyl/N-ethyl adjacent to an activating group) is 2. The number of halogens is 3. The normalized spacial score (nSPS) is 23.8. The minimum absolute atomic E-state index is 0.116. The van der Waals surface area contributed by atoms with Gasteiger partial charge in [-0.2, -0.15) is 13.2 Å². The summed E-state index contributed by atoms with van der Waals surface area (Å²) in [5.41, 5.74) is 6.34. The van der Waals surface area contributed by atoms with Crippen molar-refractivity contribution < 1.29 is 13.2 Å². The number of alkyl halides is 3. The van der Waals surface area contributed by atoms with Gasteiger partial charge in [0.05, 0.1) is 5.56 Å². The lowest BCUT2D eigenvalue weighted by atomic mass is 9.96. The molecule has 1 heterocycles. The Morgan fingerprint density at radius 1 is 1.15 bits per heavy atom. The minimum atomic E-state index is -4.30. The zero-order valence-electron chi connectivity index (χ0n) is 11.7. The zero-order valence-corrected chi connectivity index (χ0v) is 11.7. The molecule has 1 aromatic rings. The van der Waals surface area contributed by atoms with Crippen LogP contribution < -0.4 is 5.73 Å².